The number of amides is 1. The lowest BCUT2D eigenvalue weighted by molar-refractivity contribution is -0.132. The molecule has 0 aliphatic rings. The van der Waals surface area contributed by atoms with Gasteiger partial charge in [0.15, 0.2) is 0 Å². The third-order valence-corrected chi connectivity index (χ3v) is 1.64. The maximum Gasteiger partial charge on any atom is 0.390 e. The SMILES string of the molecule is CC.CC.Cn1ccc(C(=O)NCCC(F)(F)F)n1. The highest BCUT2D eigenvalue weighted by molar-refractivity contribution is 5.92. The molecular formula is C12H22F3N3O. The molecule has 1 heterocycles. The Morgan fingerprint density at radius 2 is 1.84 bits per heavy atom. The summed E-state index contributed by atoms with van der Waals surface area (Å²) in [6.45, 7) is 7.57. The van der Waals surface area contributed by atoms with Crippen LogP contribution in [0.1, 0.15) is 44.6 Å². The fourth-order valence-corrected chi connectivity index (χ4v) is 0.944. The number of rotatable bonds is 3. The van der Waals surface area contributed by atoms with E-state index >= 15 is 0 Å². The van der Waals surface area contributed by atoms with E-state index in [1.54, 1.807) is 13.2 Å². The Morgan fingerprint density at radius 3 is 2.21 bits per heavy atom. The summed E-state index contributed by atoms with van der Waals surface area (Å²) in [7, 11) is 1.62. The van der Waals surface area contributed by atoms with Gasteiger partial charge in [0.05, 0.1) is 6.42 Å². The van der Waals surface area contributed by atoms with Gasteiger partial charge in [0.2, 0.25) is 0 Å². The molecule has 4 nitrogen and oxygen atoms in total. The topological polar surface area (TPSA) is 46.9 Å². The van der Waals surface area contributed by atoms with Gasteiger partial charge in [0, 0.05) is 19.8 Å². The lowest BCUT2D eigenvalue weighted by Gasteiger charge is -2.06. The smallest absolute Gasteiger partial charge is 0.350 e. The molecule has 0 atom stereocenters. The molecule has 1 aromatic heterocycles. The molecule has 0 aromatic carbocycles. The molecule has 0 radical (unpaired) electrons. The quantitative estimate of drug-likeness (QED) is 0.925. The van der Waals surface area contributed by atoms with Crippen molar-refractivity contribution >= 4 is 5.91 Å². The van der Waals surface area contributed by atoms with Crippen molar-refractivity contribution < 1.29 is 18.0 Å². The van der Waals surface area contributed by atoms with Gasteiger partial charge in [0.25, 0.3) is 5.91 Å². The predicted molar refractivity (Wildman–Crippen MR) is 68.9 cm³/mol. The van der Waals surface area contributed by atoms with Crippen LogP contribution < -0.4 is 5.32 Å². The number of alkyl halides is 3. The maximum absolute atomic E-state index is 11.7. The number of aryl methyl sites for hydroxylation is 1. The predicted octanol–water partition coefficient (Wildman–Crippen LogP) is 3.15. The monoisotopic (exact) mass is 281 g/mol. The number of carbonyl (C=O) groups excluding carboxylic acids is 1. The van der Waals surface area contributed by atoms with E-state index in [-0.39, 0.29) is 5.69 Å². The molecule has 0 saturated heterocycles. The first kappa shape index (κ1) is 19.8. The summed E-state index contributed by atoms with van der Waals surface area (Å²) >= 11 is 0. The van der Waals surface area contributed by atoms with E-state index < -0.39 is 25.0 Å². The van der Waals surface area contributed by atoms with E-state index in [4.69, 9.17) is 0 Å². The first-order valence-electron chi connectivity index (χ1n) is 6.23. The van der Waals surface area contributed by atoms with Crippen LogP contribution in [0.5, 0.6) is 0 Å². The van der Waals surface area contributed by atoms with Gasteiger partial charge in [-0.15, -0.1) is 0 Å². The molecule has 7 heteroatoms. The van der Waals surface area contributed by atoms with Crippen molar-refractivity contribution in [3.63, 3.8) is 0 Å². The zero-order valence-electron chi connectivity index (χ0n) is 12.0. The molecule has 19 heavy (non-hydrogen) atoms. The molecular weight excluding hydrogens is 259 g/mol. The number of hydrogen-bond donors (Lipinski definition) is 1. The second kappa shape index (κ2) is 10.4. The van der Waals surface area contributed by atoms with Crippen LogP contribution in [0, 0.1) is 0 Å². The van der Waals surface area contributed by atoms with Crippen LogP contribution in [-0.4, -0.2) is 28.4 Å². The van der Waals surface area contributed by atoms with Crippen molar-refractivity contribution in [2.75, 3.05) is 6.54 Å². The average molecular weight is 281 g/mol. The van der Waals surface area contributed by atoms with Crippen LogP contribution in [0.2, 0.25) is 0 Å². The third kappa shape index (κ3) is 10.1. The fraction of sp³-hybridized carbons (Fsp3) is 0.667. The first-order valence-corrected chi connectivity index (χ1v) is 6.23. The molecule has 0 fully saturated rings. The lowest BCUT2D eigenvalue weighted by Crippen LogP contribution is -2.28. The second-order valence-corrected chi connectivity index (χ2v) is 3.00. The Morgan fingerprint density at radius 1 is 1.32 bits per heavy atom. The number of hydrogen-bond acceptors (Lipinski definition) is 2. The Bertz CT molecular complexity index is 348. The Hall–Kier alpha value is -1.53. The Kier molecular flexibility index (Phi) is 10.8. The van der Waals surface area contributed by atoms with Crippen LogP contribution in [0.25, 0.3) is 0 Å². The van der Waals surface area contributed by atoms with Crippen molar-refractivity contribution in [3.8, 4) is 0 Å². The van der Waals surface area contributed by atoms with Crippen LogP contribution in [-0.2, 0) is 7.05 Å². The highest BCUT2D eigenvalue weighted by atomic mass is 19.4. The van der Waals surface area contributed by atoms with Crippen LogP contribution in [0.15, 0.2) is 12.3 Å². The molecule has 0 unspecified atom stereocenters. The summed E-state index contributed by atoms with van der Waals surface area (Å²) < 4.78 is 36.6. The fourth-order valence-electron chi connectivity index (χ4n) is 0.944. The van der Waals surface area contributed by atoms with E-state index in [2.05, 4.69) is 10.4 Å². The van der Waals surface area contributed by atoms with E-state index in [0.29, 0.717) is 0 Å². The number of carbonyl (C=O) groups is 1. The van der Waals surface area contributed by atoms with Gasteiger partial charge in [-0.1, -0.05) is 27.7 Å². The maximum atomic E-state index is 11.7. The summed E-state index contributed by atoms with van der Waals surface area (Å²) in [5, 5.41) is 5.88. The summed E-state index contributed by atoms with van der Waals surface area (Å²) in [5.74, 6) is -0.597. The van der Waals surface area contributed by atoms with Crippen LogP contribution in [0.4, 0.5) is 13.2 Å². The Labute approximate surface area is 112 Å². The van der Waals surface area contributed by atoms with Gasteiger partial charge >= 0.3 is 6.18 Å². The van der Waals surface area contributed by atoms with Gasteiger partial charge in [0.1, 0.15) is 5.69 Å². The van der Waals surface area contributed by atoms with Crippen molar-refractivity contribution in [2.24, 2.45) is 7.05 Å². The van der Waals surface area contributed by atoms with Crippen molar-refractivity contribution in [1.82, 2.24) is 15.1 Å². The normalized spacial score (nSPS) is 9.68. The standard InChI is InChI=1S/C8H10F3N3O.2C2H6/c1-14-5-2-6(13-14)7(15)12-4-3-8(9,10)11;2*1-2/h2,5H,3-4H2,1H3,(H,12,15);2*1-2H3. The number of halogens is 3. The van der Waals surface area contributed by atoms with Crippen LogP contribution in [0.3, 0.4) is 0 Å². The average Bonchev–Trinajstić information content (AvgIpc) is 2.79. The largest absolute Gasteiger partial charge is 0.390 e. The van der Waals surface area contributed by atoms with Crippen molar-refractivity contribution in [1.29, 1.82) is 0 Å². The third-order valence-electron chi connectivity index (χ3n) is 1.64. The molecule has 1 amide bonds. The van der Waals surface area contributed by atoms with E-state index in [1.807, 2.05) is 27.7 Å². The van der Waals surface area contributed by atoms with E-state index in [1.165, 1.54) is 10.7 Å². The minimum Gasteiger partial charge on any atom is -0.350 e. The van der Waals surface area contributed by atoms with E-state index in [9.17, 15) is 18.0 Å². The first-order chi connectivity index (χ1) is 8.88. The molecule has 1 aromatic rings. The number of nitrogens with zero attached hydrogens (tertiary/aromatic N) is 2. The van der Waals surface area contributed by atoms with Crippen LogP contribution >= 0.6 is 0 Å². The molecule has 1 rings (SSSR count). The second-order valence-electron chi connectivity index (χ2n) is 3.00. The van der Waals surface area contributed by atoms with Crippen molar-refractivity contribution in [2.45, 2.75) is 40.3 Å². The minimum atomic E-state index is -4.25. The van der Waals surface area contributed by atoms with Gasteiger partial charge in [-0.05, 0) is 6.07 Å². The molecule has 112 valence electrons. The summed E-state index contributed by atoms with van der Waals surface area (Å²) in [6, 6.07) is 1.43. The van der Waals surface area contributed by atoms with Gasteiger partial charge in [-0.3, -0.25) is 9.48 Å². The van der Waals surface area contributed by atoms with Gasteiger partial charge in [-0.25, -0.2) is 0 Å². The summed E-state index contributed by atoms with van der Waals surface area (Å²) in [6.07, 6.45) is -3.75. The van der Waals surface area contributed by atoms with E-state index in [0.717, 1.165) is 0 Å². The molecule has 0 aliphatic carbocycles. The molecule has 0 aliphatic heterocycles. The lowest BCUT2D eigenvalue weighted by atomic mass is 10.3. The molecule has 0 saturated carbocycles. The molecule has 0 spiro atoms. The molecule has 1 N–H and O–H groups in total. The van der Waals surface area contributed by atoms with Gasteiger partial charge in [-0.2, -0.15) is 18.3 Å². The summed E-state index contributed by atoms with van der Waals surface area (Å²) in [4.78, 5) is 11.2. The number of aromatic nitrogens is 2. The molecule has 0 bridgehead atoms. The zero-order chi connectivity index (χ0) is 15.5. The number of nitrogens with one attached hydrogen (secondary N) is 1. The highest BCUT2D eigenvalue weighted by Gasteiger charge is 2.26. The Balaban J connectivity index is 0. The van der Waals surface area contributed by atoms with Crippen molar-refractivity contribution in [3.05, 3.63) is 18.0 Å². The highest BCUT2D eigenvalue weighted by Crippen LogP contribution is 2.18. The minimum absolute atomic E-state index is 0.111. The zero-order valence-corrected chi connectivity index (χ0v) is 12.0. The van der Waals surface area contributed by atoms with Gasteiger partial charge < -0.3 is 5.32 Å². The summed E-state index contributed by atoms with van der Waals surface area (Å²) in [5.41, 5.74) is 0.111.